The molecule has 100 valence electrons. The van der Waals surface area contributed by atoms with E-state index < -0.39 is 0 Å². The molecule has 1 fully saturated rings. The summed E-state index contributed by atoms with van der Waals surface area (Å²) >= 11 is 0. The molecule has 2 aromatic rings. The van der Waals surface area contributed by atoms with Gasteiger partial charge in [-0.2, -0.15) is 4.98 Å². The Hall–Kier alpha value is -1.75. The Morgan fingerprint density at radius 3 is 3.05 bits per heavy atom. The van der Waals surface area contributed by atoms with Crippen molar-refractivity contribution in [3.63, 3.8) is 0 Å². The Labute approximate surface area is 112 Å². The maximum Gasteiger partial charge on any atom is 0.234 e. The van der Waals surface area contributed by atoms with Crippen LogP contribution in [0.4, 0.5) is 0 Å². The SMILES string of the molecule is CCCC1(c2nc(-c3ccccn3)no2)CCNC1. The monoisotopic (exact) mass is 258 g/mol. The maximum absolute atomic E-state index is 5.52. The summed E-state index contributed by atoms with van der Waals surface area (Å²) in [5.74, 6) is 1.33. The van der Waals surface area contributed by atoms with Gasteiger partial charge in [0.2, 0.25) is 11.7 Å². The molecule has 5 heteroatoms. The average molecular weight is 258 g/mol. The number of aromatic nitrogens is 3. The summed E-state index contributed by atoms with van der Waals surface area (Å²) in [6.45, 7) is 4.13. The van der Waals surface area contributed by atoms with Gasteiger partial charge < -0.3 is 9.84 Å². The lowest BCUT2D eigenvalue weighted by molar-refractivity contribution is 0.277. The molecule has 0 aliphatic carbocycles. The first-order valence-electron chi connectivity index (χ1n) is 6.80. The standard InChI is InChI=1S/C14H18N4O/c1-2-6-14(7-9-15-10-14)13-17-12(18-19-13)11-5-3-4-8-16-11/h3-5,8,15H,2,6-7,9-10H2,1H3. The summed E-state index contributed by atoms with van der Waals surface area (Å²) in [6, 6.07) is 5.70. The molecule has 2 aromatic heterocycles. The van der Waals surface area contributed by atoms with Gasteiger partial charge >= 0.3 is 0 Å². The van der Waals surface area contributed by atoms with Crippen LogP contribution in [0.3, 0.4) is 0 Å². The Kier molecular flexibility index (Phi) is 3.29. The number of hydrogen-bond acceptors (Lipinski definition) is 5. The largest absolute Gasteiger partial charge is 0.338 e. The van der Waals surface area contributed by atoms with Gasteiger partial charge in [0.15, 0.2) is 0 Å². The van der Waals surface area contributed by atoms with E-state index in [4.69, 9.17) is 4.52 Å². The third kappa shape index (κ3) is 2.26. The highest BCUT2D eigenvalue weighted by molar-refractivity contribution is 5.47. The molecule has 1 saturated heterocycles. The number of nitrogens with zero attached hydrogens (tertiary/aromatic N) is 3. The molecule has 19 heavy (non-hydrogen) atoms. The second-order valence-corrected chi connectivity index (χ2v) is 5.10. The van der Waals surface area contributed by atoms with Crippen LogP contribution in [0.15, 0.2) is 28.9 Å². The van der Waals surface area contributed by atoms with E-state index in [-0.39, 0.29) is 5.41 Å². The third-order valence-corrected chi connectivity index (χ3v) is 3.75. The summed E-state index contributed by atoms with van der Waals surface area (Å²) in [5.41, 5.74) is 0.768. The van der Waals surface area contributed by atoms with Crippen LogP contribution in [-0.2, 0) is 5.41 Å². The lowest BCUT2D eigenvalue weighted by Crippen LogP contribution is -2.29. The average Bonchev–Trinajstić information content (AvgIpc) is 3.09. The zero-order valence-electron chi connectivity index (χ0n) is 11.1. The van der Waals surface area contributed by atoms with Crippen molar-refractivity contribution < 1.29 is 4.52 Å². The number of pyridine rings is 1. The van der Waals surface area contributed by atoms with E-state index >= 15 is 0 Å². The second kappa shape index (κ2) is 5.09. The number of nitrogens with one attached hydrogen (secondary N) is 1. The van der Waals surface area contributed by atoms with Crippen LogP contribution in [0.25, 0.3) is 11.5 Å². The summed E-state index contributed by atoms with van der Waals surface area (Å²) < 4.78 is 5.52. The highest BCUT2D eigenvalue weighted by atomic mass is 16.5. The summed E-state index contributed by atoms with van der Waals surface area (Å²) in [7, 11) is 0. The first kappa shape index (κ1) is 12.3. The van der Waals surface area contributed by atoms with Gasteiger partial charge in [-0.05, 0) is 31.5 Å². The molecule has 5 nitrogen and oxygen atoms in total. The van der Waals surface area contributed by atoms with Gasteiger partial charge in [0.05, 0.1) is 5.41 Å². The number of rotatable bonds is 4. The Balaban J connectivity index is 1.92. The zero-order valence-corrected chi connectivity index (χ0v) is 11.1. The smallest absolute Gasteiger partial charge is 0.234 e. The van der Waals surface area contributed by atoms with Crippen LogP contribution < -0.4 is 5.32 Å². The molecule has 0 radical (unpaired) electrons. The highest BCUT2D eigenvalue weighted by Gasteiger charge is 2.40. The van der Waals surface area contributed by atoms with E-state index in [0.29, 0.717) is 5.82 Å². The summed E-state index contributed by atoms with van der Waals surface area (Å²) in [4.78, 5) is 8.83. The van der Waals surface area contributed by atoms with Crippen LogP contribution in [0.2, 0.25) is 0 Å². The van der Waals surface area contributed by atoms with E-state index in [0.717, 1.165) is 43.9 Å². The Morgan fingerprint density at radius 1 is 1.42 bits per heavy atom. The van der Waals surface area contributed by atoms with E-state index in [9.17, 15) is 0 Å². The van der Waals surface area contributed by atoms with Crippen LogP contribution in [-0.4, -0.2) is 28.2 Å². The normalized spacial score (nSPS) is 22.8. The minimum Gasteiger partial charge on any atom is -0.338 e. The topological polar surface area (TPSA) is 63.8 Å². The van der Waals surface area contributed by atoms with Crippen molar-refractivity contribution in [3.8, 4) is 11.5 Å². The van der Waals surface area contributed by atoms with Crippen molar-refractivity contribution in [1.29, 1.82) is 0 Å². The van der Waals surface area contributed by atoms with Crippen molar-refractivity contribution in [2.75, 3.05) is 13.1 Å². The molecule has 1 atom stereocenters. The fourth-order valence-electron chi connectivity index (χ4n) is 2.76. The van der Waals surface area contributed by atoms with Crippen LogP contribution in [0.1, 0.15) is 32.1 Å². The number of hydrogen-bond donors (Lipinski definition) is 1. The first-order chi connectivity index (χ1) is 9.34. The molecule has 0 amide bonds. The molecule has 1 aliphatic heterocycles. The zero-order chi connectivity index (χ0) is 13.1. The molecule has 0 spiro atoms. The van der Waals surface area contributed by atoms with Gasteiger partial charge in [0.1, 0.15) is 5.69 Å². The minimum absolute atomic E-state index is 0.00871. The van der Waals surface area contributed by atoms with E-state index in [2.05, 4.69) is 27.4 Å². The van der Waals surface area contributed by atoms with E-state index in [1.54, 1.807) is 6.20 Å². The quantitative estimate of drug-likeness (QED) is 0.910. The van der Waals surface area contributed by atoms with Crippen LogP contribution >= 0.6 is 0 Å². The predicted octanol–water partition coefficient (Wildman–Crippen LogP) is 2.16. The highest BCUT2D eigenvalue weighted by Crippen LogP contribution is 2.34. The van der Waals surface area contributed by atoms with Crippen LogP contribution in [0.5, 0.6) is 0 Å². The van der Waals surface area contributed by atoms with Gasteiger partial charge in [0.25, 0.3) is 0 Å². The van der Waals surface area contributed by atoms with Gasteiger partial charge in [0, 0.05) is 12.7 Å². The minimum atomic E-state index is 0.00871. The molecule has 1 unspecified atom stereocenters. The van der Waals surface area contributed by atoms with Gasteiger partial charge in [-0.1, -0.05) is 24.6 Å². The molecule has 3 heterocycles. The fourth-order valence-corrected chi connectivity index (χ4v) is 2.76. The molecule has 1 aliphatic rings. The molecule has 0 bridgehead atoms. The molecular formula is C14H18N4O. The van der Waals surface area contributed by atoms with Crippen molar-refractivity contribution >= 4 is 0 Å². The second-order valence-electron chi connectivity index (χ2n) is 5.10. The molecular weight excluding hydrogens is 240 g/mol. The third-order valence-electron chi connectivity index (χ3n) is 3.75. The predicted molar refractivity (Wildman–Crippen MR) is 71.6 cm³/mol. The van der Waals surface area contributed by atoms with Crippen LogP contribution in [0, 0.1) is 0 Å². The summed E-state index contributed by atoms with van der Waals surface area (Å²) in [6.07, 6.45) is 4.99. The van der Waals surface area contributed by atoms with Crippen molar-refractivity contribution in [2.24, 2.45) is 0 Å². The molecule has 0 aromatic carbocycles. The molecule has 1 N–H and O–H groups in total. The molecule has 0 saturated carbocycles. The molecule has 3 rings (SSSR count). The van der Waals surface area contributed by atoms with Gasteiger partial charge in [-0.25, -0.2) is 0 Å². The van der Waals surface area contributed by atoms with E-state index in [1.807, 2.05) is 18.2 Å². The van der Waals surface area contributed by atoms with E-state index in [1.165, 1.54) is 0 Å². The van der Waals surface area contributed by atoms with Crippen molar-refractivity contribution in [1.82, 2.24) is 20.4 Å². The lowest BCUT2D eigenvalue weighted by atomic mass is 9.82. The lowest BCUT2D eigenvalue weighted by Gasteiger charge is -2.22. The van der Waals surface area contributed by atoms with Crippen molar-refractivity contribution in [2.45, 2.75) is 31.6 Å². The summed E-state index contributed by atoms with van der Waals surface area (Å²) in [5, 5.41) is 7.48. The van der Waals surface area contributed by atoms with Crippen molar-refractivity contribution in [3.05, 3.63) is 30.3 Å². The Bertz CT molecular complexity index is 531. The maximum atomic E-state index is 5.52. The van der Waals surface area contributed by atoms with Gasteiger partial charge in [-0.3, -0.25) is 4.98 Å². The fraction of sp³-hybridized carbons (Fsp3) is 0.500. The first-order valence-corrected chi connectivity index (χ1v) is 6.80. The van der Waals surface area contributed by atoms with Gasteiger partial charge in [-0.15, -0.1) is 0 Å². The Morgan fingerprint density at radius 2 is 2.37 bits per heavy atom.